The second kappa shape index (κ2) is 6.02. The summed E-state index contributed by atoms with van der Waals surface area (Å²) in [6.07, 6.45) is 0. The molecule has 0 saturated heterocycles. The van der Waals surface area contributed by atoms with Crippen molar-refractivity contribution in [3.63, 3.8) is 0 Å². The zero-order valence-corrected chi connectivity index (χ0v) is 14.1. The maximum atomic E-state index is 12.1. The van der Waals surface area contributed by atoms with Crippen LogP contribution in [0.4, 0.5) is 0 Å². The number of carbonyl (C=O) groups is 1. The van der Waals surface area contributed by atoms with Crippen LogP contribution in [-0.4, -0.2) is 22.2 Å². The van der Waals surface area contributed by atoms with E-state index in [0.29, 0.717) is 6.54 Å². The Kier molecular flexibility index (Phi) is 4.52. The van der Waals surface area contributed by atoms with E-state index in [2.05, 4.69) is 27.9 Å². The molecule has 4 nitrogen and oxygen atoms in total. The van der Waals surface area contributed by atoms with Gasteiger partial charge < -0.3 is 5.32 Å². The summed E-state index contributed by atoms with van der Waals surface area (Å²) in [5.41, 5.74) is 1.72. The van der Waals surface area contributed by atoms with Crippen molar-refractivity contribution < 1.29 is 4.79 Å². The first-order valence-corrected chi connectivity index (χ1v) is 8.01. The number of rotatable bonds is 4. The van der Waals surface area contributed by atoms with Gasteiger partial charge in [-0.1, -0.05) is 26.8 Å². The Morgan fingerprint density at radius 1 is 1.43 bits per heavy atom. The molecule has 1 atom stereocenters. The Labute approximate surface area is 130 Å². The standard InChI is InChI=1S/C16H23N3OS/c1-11-9-12(2)19(18-11)13(14-7-6-8-21-14)10-17-15(20)16(3,4)5/h6-9,13H,10H2,1-5H3,(H,17,20). The maximum Gasteiger partial charge on any atom is 0.225 e. The van der Waals surface area contributed by atoms with Crippen LogP contribution in [0.25, 0.3) is 0 Å². The van der Waals surface area contributed by atoms with Crippen LogP contribution in [0.3, 0.4) is 0 Å². The van der Waals surface area contributed by atoms with Crippen molar-refractivity contribution in [1.82, 2.24) is 15.1 Å². The molecule has 0 aliphatic carbocycles. The summed E-state index contributed by atoms with van der Waals surface area (Å²) in [5, 5.41) is 9.69. The number of hydrogen-bond donors (Lipinski definition) is 1. The first kappa shape index (κ1) is 15.8. The van der Waals surface area contributed by atoms with Gasteiger partial charge in [0.25, 0.3) is 0 Å². The van der Waals surface area contributed by atoms with Crippen molar-refractivity contribution in [3.05, 3.63) is 39.8 Å². The van der Waals surface area contributed by atoms with Crippen LogP contribution < -0.4 is 5.32 Å². The van der Waals surface area contributed by atoms with Crippen molar-refractivity contribution in [2.45, 2.75) is 40.7 Å². The second-order valence-corrected chi connectivity index (χ2v) is 7.34. The first-order chi connectivity index (χ1) is 9.79. The molecule has 2 rings (SSSR count). The van der Waals surface area contributed by atoms with Gasteiger partial charge in [-0.3, -0.25) is 9.48 Å². The fraction of sp³-hybridized carbons (Fsp3) is 0.500. The van der Waals surface area contributed by atoms with Crippen molar-refractivity contribution in [2.75, 3.05) is 6.54 Å². The lowest BCUT2D eigenvalue weighted by Gasteiger charge is -2.22. The molecule has 1 N–H and O–H groups in total. The summed E-state index contributed by atoms with van der Waals surface area (Å²) in [6.45, 7) is 10.4. The van der Waals surface area contributed by atoms with Crippen LogP contribution in [0.15, 0.2) is 23.6 Å². The van der Waals surface area contributed by atoms with Gasteiger partial charge >= 0.3 is 0 Å². The average Bonchev–Trinajstić information content (AvgIpc) is 2.99. The van der Waals surface area contributed by atoms with E-state index in [-0.39, 0.29) is 17.4 Å². The smallest absolute Gasteiger partial charge is 0.225 e. The second-order valence-electron chi connectivity index (χ2n) is 6.36. The molecule has 0 fully saturated rings. The van der Waals surface area contributed by atoms with Gasteiger partial charge in [0.05, 0.1) is 5.69 Å². The normalized spacial score (nSPS) is 13.2. The zero-order valence-electron chi connectivity index (χ0n) is 13.3. The molecule has 0 spiro atoms. The molecule has 1 amide bonds. The maximum absolute atomic E-state index is 12.1. The summed E-state index contributed by atoms with van der Waals surface area (Å²) in [5.74, 6) is 0.0607. The van der Waals surface area contributed by atoms with Crippen molar-refractivity contribution >= 4 is 17.2 Å². The molecule has 0 aliphatic rings. The molecule has 2 aromatic rings. The minimum absolute atomic E-state index is 0.0463. The predicted octanol–water partition coefficient (Wildman–Crippen LogP) is 3.31. The largest absolute Gasteiger partial charge is 0.353 e. The third kappa shape index (κ3) is 3.73. The van der Waals surface area contributed by atoms with Gasteiger partial charge in [-0.15, -0.1) is 11.3 Å². The SMILES string of the molecule is Cc1cc(C)n(C(CNC(=O)C(C)(C)C)c2cccs2)n1. The van der Waals surface area contributed by atoms with Gasteiger partial charge in [0.1, 0.15) is 6.04 Å². The summed E-state index contributed by atoms with van der Waals surface area (Å²) in [7, 11) is 0. The molecule has 2 aromatic heterocycles. The van der Waals surface area contributed by atoms with E-state index in [1.807, 2.05) is 45.4 Å². The number of aromatic nitrogens is 2. The minimum Gasteiger partial charge on any atom is -0.353 e. The summed E-state index contributed by atoms with van der Waals surface area (Å²) >= 11 is 1.69. The van der Waals surface area contributed by atoms with Gasteiger partial charge in [-0.05, 0) is 31.4 Å². The molecule has 0 radical (unpaired) electrons. The highest BCUT2D eigenvalue weighted by Crippen LogP contribution is 2.24. The predicted molar refractivity (Wildman–Crippen MR) is 86.6 cm³/mol. The fourth-order valence-electron chi connectivity index (χ4n) is 2.20. The summed E-state index contributed by atoms with van der Waals surface area (Å²) < 4.78 is 2.00. The third-order valence-electron chi connectivity index (χ3n) is 3.35. The Hall–Kier alpha value is -1.62. The molecular weight excluding hydrogens is 282 g/mol. The number of nitrogens with zero attached hydrogens (tertiary/aromatic N) is 2. The quantitative estimate of drug-likeness (QED) is 0.942. The number of hydrogen-bond acceptors (Lipinski definition) is 3. The van der Waals surface area contributed by atoms with Gasteiger partial charge in [0.15, 0.2) is 0 Å². The molecule has 1 unspecified atom stereocenters. The molecule has 0 aliphatic heterocycles. The lowest BCUT2D eigenvalue weighted by atomic mass is 9.95. The highest BCUT2D eigenvalue weighted by atomic mass is 32.1. The van der Waals surface area contributed by atoms with Gasteiger partial charge in [0.2, 0.25) is 5.91 Å². The van der Waals surface area contributed by atoms with Crippen molar-refractivity contribution in [1.29, 1.82) is 0 Å². The highest BCUT2D eigenvalue weighted by molar-refractivity contribution is 7.10. The van der Waals surface area contributed by atoms with Crippen LogP contribution in [0.5, 0.6) is 0 Å². The monoisotopic (exact) mass is 305 g/mol. The van der Waals surface area contributed by atoms with Gasteiger partial charge in [-0.25, -0.2) is 0 Å². The summed E-state index contributed by atoms with van der Waals surface area (Å²) in [6, 6.07) is 6.23. The molecule has 5 heteroatoms. The third-order valence-corrected chi connectivity index (χ3v) is 4.32. The Morgan fingerprint density at radius 2 is 2.14 bits per heavy atom. The number of amides is 1. The lowest BCUT2D eigenvalue weighted by molar-refractivity contribution is -0.128. The lowest BCUT2D eigenvalue weighted by Crippen LogP contribution is -2.38. The van der Waals surface area contributed by atoms with Gasteiger partial charge in [0, 0.05) is 22.5 Å². The number of carbonyl (C=O) groups excluding carboxylic acids is 1. The van der Waals surface area contributed by atoms with Crippen LogP contribution in [0.1, 0.15) is 43.1 Å². The Morgan fingerprint density at radius 3 is 2.62 bits per heavy atom. The van der Waals surface area contributed by atoms with E-state index >= 15 is 0 Å². The number of aryl methyl sites for hydroxylation is 2. The van der Waals surface area contributed by atoms with Crippen molar-refractivity contribution in [2.24, 2.45) is 5.41 Å². The van der Waals surface area contributed by atoms with E-state index in [1.54, 1.807) is 11.3 Å². The highest BCUT2D eigenvalue weighted by Gasteiger charge is 2.24. The van der Waals surface area contributed by atoms with E-state index in [4.69, 9.17) is 0 Å². The topological polar surface area (TPSA) is 46.9 Å². The molecule has 114 valence electrons. The molecule has 0 aromatic carbocycles. The van der Waals surface area contributed by atoms with E-state index < -0.39 is 0 Å². The zero-order chi connectivity index (χ0) is 15.6. The van der Waals surface area contributed by atoms with Crippen LogP contribution in [0, 0.1) is 19.3 Å². The van der Waals surface area contributed by atoms with Gasteiger partial charge in [-0.2, -0.15) is 5.10 Å². The van der Waals surface area contributed by atoms with Crippen LogP contribution >= 0.6 is 11.3 Å². The molecule has 0 saturated carbocycles. The van der Waals surface area contributed by atoms with Crippen molar-refractivity contribution in [3.8, 4) is 0 Å². The van der Waals surface area contributed by atoms with E-state index in [9.17, 15) is 4.79 Å². The number of nitrogens with one attached hydrogen (secondary N) is 1. The Balaban J connectivity index is 2.23. The first-order valence-electron chi connectivity index (χ1n) is 7.13. The van der Waals surface area contributed by atoms with E-state index in [0.717, 1.165) is 11.4 Å². The molecule has 2 heterocycles. The molecule has 0 bridgehead atoms. The Bertz CT molecular complexity index is 608. The average molecular weight is 305 g/mol. The molecular formula is C16H23N3OS. The number of thiophene rings is 1. The van der Waals surface area contributed by atoms with E-state index in [1.165, 1.54) is 4.88 Å². The fourth-order valence-corrected chi connectivity index (χ4v) is 3.02. The minimum atomic E-state index is -0.380. The summed E-state index contributed by atoms with van der Waals surface area (Å²) in [4.78, 5) is 13.3. The van der Waals surface area contributed by atoms with Crippen LogP contribution in [-0.2, 0) is 4.79 Å². The molecule has 21 heavy (non-hydrogen) atoms. The van der Waals surface area contributed by atoms with Crippen LogP contribution in [0.2, 0.25) is 0 Å².